The van der Waals surface area contributed by atoms with Crippen LogP contribution in [0, 0.1) is 0 Å². The number of hydrogen-bond donors (Lipinski definition) is 1. The Kier molecular flexibility index (Phi) is 21.1. The summed E-state index contributed by atoms with van der Waals surface area (Å²) < 4.78 is 0. The summed E-state index contributed by atoms with van der Waals surface area (Å²) in [5, 5.41) is 38.9. The molecule has 0 aliphatic carbocycles. The largest absolute Gasteiger partial charge is 2.00 e. The molecule has 0 aromatic heterocycles. The van der Waals surface area contributed by atoms with Crippen LogP contribution in [0.4, 0.5) is 0 Å². The Morgan fingerprint density at radius 1 is 0.882 bits per heavy atom. The van der Waals surface area contributed by atoms with E-state index in [0.29, 0.717) is 0 Å². The first-order valence-electron chi connectivity index (χ1n) is 3.11. The first-order valence-corrected chi connectivity index (χ1v) is 3.11. The number of carbonyl (C=O) groups excluding carboxylic acids is 3. The van der Waals surface area contributed by atoms with Gasteiger partial charge < -0.3 is 51.2 Å². The van der Waals surface area contributed by atoms with Crippen LogP contribution in [-0.2, 0) is 14.4 Å². The van der Waals surface area contributed by atoms with Crippen LogP contribution in [0.15, 0.2) is 0 Å². The molecule has 0 amide bonds. The van der Waals surface area contributed by atoms with Gasteiger partial charge in [0.25, 0.3) is 0 Å². The zero-order valence-corrected chi connectivity index (χ0v) is 10.7. The molecular formula is C6H11CaO10-. The molecule has 0 saturated heterocycles. The number of carbonyl (C=O) groups is 3. The fourth-order valence-electron chi connectivity index (χ4n) is 0.684. The van der Waals surface area contributed by atoms with Crippen LogP contribution in [0.2, 0.25) is 0 Å². The average Bonchev–Trinajstić information content (AvgIpc) is 1.82. The van der Waals surface area contributed by atoms with E-state index in [-0.39, 0.29) is 54.2 Å². The van der Waals surface area contributed by atoms with Gasteiger partial charge in [-0.25, -0.2) is 0 Å². The molecule has 0 aromatic carbocycles. The van der Waals surface area contributed by atoms with E-state index in [1.165, 1.54) is 0 Å². The summed E-state index contributed by atoms with van der Waals surface area (Å²) in [7, 11) is 0. The molecule has 0 unspecified atom stereocenters. The van der Waals surface area contributed by atoms with Crippen LogP contribution in [0.25, 0.3) is 0 Å². The van der Waals surface area contributed by atoms with Crippen molar-refractivity contribution in [3.8, 4) is 0 Å². The third-order valence-electron chi connectivity index (χ3n) is 1.25. The molecule has 0 spiro atoms. The average molecular weight is 283 g/mol. The summed E-state index contributed by atoms with van der Waals surface area (Å²) >= 11 is 0. The summed E-state index contributed by atoms with van der Waals surface area (Å²) in [4.78, 5) is 30.0. The Bertz CT molecular complexity index is 235. The standard InChI is InChI=1S/C6H8O7.Ca.3H2O/c7-3(8)1-6(13,5(11)12)2-4(9)10;;;;/h13H,1-2H2,(H,7,8)(H,9,10)(H,11,12);;3*1H2/q;+2;;;/p-3. The Balaban J connectivity index is -0.000000120. The van der Waals surface area contributed by atoms with Crippen LogP contribution < -0.4 is 15.3 Å². The minimum absolute atomic E-state index is 0. The summed E-state index contributed by atoms with van der Waals surface area (Å²) in [6, 6.07) is 0. The van der Waals surface area contributed by atoms with Crippen LogP contribution >= 0.6 is 0 Å². The van der Waals surface area contributed by atoms with Gasteiger partial charge in [-0.1, -0.05) is 0 Å². The van der Waals surface area contributed by atoms with Gasteiger partial charge in [-0.05, 0) is 0 Å². The summed E-state index contributed by atoms with van der Waals surface area (Å²) in [6.07, 6.45) is -2.72. The monoisotopic (exact) mass is 283 g/mol. The van der Waals surface area contributed by atoms with E-state index in [2.05, 4.69) is 0 Å². The van der Waals surface area contributed by atoms with Crippen LogP contribution in [0.5, 0.6) is 0 Å². The maximum atomic E-state index is 10.1. The topological polar surface area (TPSA) is 235 Å². The normalized spacial score (nSPS) is 8.29. The molecule has 0 fully saturated rings. The third kappa shape index (κ3) is 11.8. The van der Waals surface area contributed by atoms with Crippen molar-refractivity contribution in [2.24, 2.45) is 0 Å². The summed E-state index contributed by atoms with van der Waals surface area (Å²) in [5.41, 5.74) is -2.97. The van der Waals surface area contributed by atoms with Gasteiger partial charge in [0.15, 0.2) is 0 Å². The number of carboxylic acids is 3. The molecule has 0 heterocycles. The second kappa shape index (κ2) is 12.0. The number of aliphatic carboxylic acids is 3. The van der Waals surface area contributed by atoms with Crippen molar-refractivity contribution in [3.05, 3.63) is 0 Å². The van der Waals surface area contributed by atoms with E-state index >= 15 is 0 Å². The fourth-order valence-corrected chi connectivity index (χ4v) is 0.684. The van der Waals surface area contributed by atoms with Crippen LogP contribution in [0.3, 0.4) is 0 Å². The van der Waals surface area contributed by atoms with Gasteiger partial charge in [0.1, 0.15) is 5.60 Å². The van der Waals surface area contributed by atoms with E-state index in [9.17, 15) is 29.7 Å². The van der Waals surface area contributed by atoms with Gasteiger partial charge in [0.05, 0.1) is 5.97 Å². The van der Waals surface area contributed by atoms with Gasteiger partial charge in [-0.15, -0.1) is 0 Å². The molecule has 0 saturated carbocycles. The number of rotatable bonds is 5. The zero-order valence-electron chi connectivity index (χ0n) is 8.52. The smallest absolute Gasteiger partial charge is 0.550 e. The van der Waals surface area contributed by atoms with E-state index < -0.39 is 36.4 Å². The molecule has 0 aliphatic rings. The Morgan fingerprint density at radius 2 is 1.12 bits per heavy atom. The van der Waals surface area contributed by atoms with Gasteiger partial charge in [-0.3, -0.25) is 0 Å². The van der Waals surface area contributed by atoms with Gasteiger partial charge in [0.2, 0.25) is 0 Å². The van der Waals surface area contributed by atoms with Crippen molar-refractivity contribution >= 4 is 55.6 Å². The van der Waals surface area contributed by atoms with Crippen LogP contribution in [-0.4, -0.2) is 82.8 Å². The molecule has 0 rings (SSSR count). The Morgan fingerprint density at radius 3 is 1.24 bits per heavy atom. The second-order valence-corrected chi connectivity index (χ2v) is 2.42. The van der Waals surface area contributed by atoms with Gasteiger partial charge in [0, 0.05) is 24.8 Å². The van der Waals surface area contributed by atoms with Crippen molar-refractivity contribution in [1.82, 2.24) is 0 Å². The van der Waals surface area contributed by atoms with Gasteiger partial charge in [-0.2, -0.15) is 0 Å². The SMILES string of the molecule is O.O.O.O=C([O-])CC(O)(CC(=O)[O-])C(=O)[O-].[Ca+2]. The van der Waals surface area contributed by atoms with E-state index in [4.69, 9.17) is 5.11 Å². The third-order valence-corrected chi connectivity index (χ3v) is 1.25. The van der Waals surface area contributed by atoms with Gasteiger partial charge >= 0.3 is 37.7 Å². The molecule has 17 heavy (non-hydrogen) atoms. The predicted octanol–water partition coefficient (Wildman–Crippen LogP) is -8.11. The van der Waals surface area contributed by atoms with E-state index in [0.717, 1.165) is 0 Å². The molecule has 7 N–H and O–H groups in total. The zero-order chi connectivity index (χ0) is 10.6. The molecule has 10 nitrogen and oxygen atoms in total. The van der Waals surface area contributed by atoms with E-state index in [1.54, 1.807) is 0 Å². The minimum Gasteiger partial charge on any atom is -0.550 e. The molecule has 0 aromatic rings. The van der Waals surface area contributed by atoms with Crippen molar-refractivity contribution in [2.75, 3.05) is 0 Å². The second-order valence-electron chi connectivity index (χ2n) is 2.42. The number of aliphatic hydroxyl groups is 1. The Labute approximate surface area is 125 Å². The molecular weight excluding hydrogens is 272 g/mol. The van der Waals surface area contributed by atoms with Crippen molar-refractivity contribution < 1.29 is 51.2 Å². The summed E-state index contributed by atoms with van der Waals surface area (Å²) in [6.45, 7) is 0. The van der Waals surface area contributed by atoms with Crippen LogP contribution in [0.1, 0.15) is 12.8 Å². The quantitative estimate of drug-likeness (QED) is 0.477. The maximum absolute atomic E-state index is 10.1. The molecule has 0 bridgehead atoms. The molecule has 0 aliphatic heterocycles. The molecule has 11 heteroatoms. The molecule has 0 atom stereocenters. The molecule has 98 valence electrons. The van der Waals surface area contributed by atoms with E-state index in [1.807, 2.05) is 0 Å². The number of hydrogen-bond acceptors (Lipinski definition) is 7. The maximum Gasteiger partial charge on any atom is 2.00 e. The minimum atomic E-state index is -2.97. The molecule has 0 radical (unpaired) electrons. The van der Waals surface area contributed by atoms with Crippen molar-refractivity contribution in [3.63, 3.8) is 0 Å². The first kappa shape index (κ1) is 30.0. The predicted molar refractivity (Wildman–Crippen MR) is 45.8 cm³/mol. The summed E-state index contributed by atoms with van der Waals surface area (Å²) in [5.74, 6) is -5.98. The van der Waals surface area contributed by atoms with Crippen molar-refractivity contribution in [1.29, 1.82) is 0 Å². The van der Waals surface area contributed by atoms with Crippen molar-refractivity contribution in [2.45, 2.75) is 18.4 Å². The number of carboxylic acid groups (broad SMARTS) is 3. The fraction of sp³-hybridized carbons (Fsp3) is 0.500. The Hall–Kier alpha value is -0.490. The first-order chi connectivity index (χ1) is 5.78.